The number of rotatable bonds is 5. The minimum absolute atomic E-state index is 0.188. The molecule has 1 fully saturated rings. The third-order valence-corrected chi connectivity index (χ3v) is 7.15. The van der Waals surface area contributed by atoms with Crippen LogP contribution < -0.4 is 14.8 Å². The van der Waals surface area contributed by atoms with Gasteiger partial charge in [0.05, 0.1) is 29.3 Å². The number of amidine groups is 1. The van der Waals surface area contributed by atoms with E-state index in [-0.39, 0.29) is 5.91 Å². The summed E-state index contributed by atoms with van der Waals surface area (Å²) in [6.07, 6.45) is 2.77. The Kier molecular flexibility index (Phi) is 6.85. The molecule has 0 unspecified atom stereocenters. The minimum Gasteiger partial charge on any atom is -0.493 e. The summed E-state index contributed by atoms with van der Waals surface area (Å²) in [5.41, 5.74) is 2.84. The van der Waals surface area contributed by atoms with Crippen molar-refractivity contribution >= 4 is 66.5 Å². The third kappa shape index (κ3) is 4.45. The van der Waals surface area contributed by atoms with Gasteiger partial charge in [0, 0.05) is 4.47 Å². The average molecular weight is 526 g/mol. The van der Waals surface area contributed by atoms with Crippen LogP contribution in [-0.2, 0) is 11.2 Å². The summed E-state index contributed by atoms with van der Waals surface area (Å²) in [6, 6.07) is 9.78. The lowest BCUT2D eigenvalue weighted by atomic mass is 10.2. The second-order valence-electron chi connectivity index (χ2n) is 5.83. The standard InChI is InChI=1S/C20H18Br2N2O3S/c1-4-11-5-7-13(8-6-11)23-20-24-19(25)15(28-20)10-12-9-14(26-2)18(27-3)17(22)16(12)21/h5-10H,4H2,1-3H3,(H,23,24,25)/b15-10-. The number of benzene rings is 2. The van der Waals surface area contributed by atoms with Crippen molar-refractivity contribution in [2.45, 2.75) is 13.3 Å². The van der Waals surface area contributed by atoms with Crippen LogP contribution >= 0.6 is 43.6 Å². The van der Waals surface area contributed by atoms with Gasteiger partial charge < -0.3 is 14.8 Å². The maximum Gasteiger partial charge on any atom is 0.264 e. The van der Waals surface area contributed by atoms with Gasteiger partial charge in [0.2, 0.25) is 0 Å². The number of methoxy groups -OCH3 is 2. The van der Waals surface area contributed by atoms with Crippen LogP contribution in [-0.4, -0.2) is 25.3 Å². The molecule has 1 saturated heterocycles. The lowest BCUT2D eigenvalue weighted by molar-refractivity contribution is -0.115. The number of amides is 1. The molecule has 1 heterocycles. The van der Waals surface area contributed by atoms with Crippen molar-refractivity contribution in [3.05, 3.63) is 55.3 Å². The van der Waals surface area contributed by atoms with Crippen molar-refractivity contribution in [1.29, 1.82) is 0 Å². The van der Waals surface area contributed by atoms with Gasteiger partial charge in [-0.1, -0.05) is 19.1 Å². The molecule has 5 nitrogen and oxygen atoms in total. The SMILES string of the molecule is CCc1ccc(N=C2NC(=O)/C(=C/c3cc(OC)c(OC)c(Br)c3Br)S2)cc1. The Hall–Kier alpha value is -1.77. The zero-order valence-electron chi connectivity index (χ0n) is 15.5. The van der Waals surface area contributed by atoms with Gasteiger partial charge in [-0.2, -0.15) is 0 Å². The average Bonchev–Trinajstić information content (AvgIpc) is 3.04. The van der Waals surface area contributed by atoms with Crippen molar-refractivity contribution in [1.82, 2.24) is 5.32 Å². The van der Waals surface area contributed by atoms with Crippen LogP contribution in [0.2, 0.25) is 0 Å². The summed E-state index contributed by atoms with van der Waals surface area (Å²) in [6.45, 7) is 2.11. The minimum atomic E-state index is -0.188. The monoisotopic (exact) mass is 524 g/mol. The first-order chi connectivity index (χ1) is 13.5. The van der Waals surface area contributed by atoms with Crippen molar-refractivity contribution in [3.63, 3.8) is 0 Å². The van der Waals surface area contributed by atoms with Crippen molar-refractivity contribution in [2.24, 2.45) is 4.99 Å². The molecule has 2 aromatic carbocycles. The van der Waals surface area contributed by atoms with E-state index < -0.39 is 0 Å². The van der Waals surface area contributed by atoms with Gasteiger partial charge >= 0.3 is 0 Å². The number of hydrogen-bond donors (Lipinski definition) is 1. The Labute approximate surface area is 184 Å². The van der Waals surface area contributed by atoms with E-state index in [4.69, 9.17) is 9.47 Å². The summed E-state index contributed by atoms with van der Waals surface area (Å²) in [5, 5.41) is 3.36. The molecule has 0 bridgehead atoms. The largest absolute Gasteiger partial charge is 0.493 e. The predicted octanol–water partition coefficient (Wildman–Crippen LogP) is 5.68. The summed E-state index contributed by atoms with van der Waals surface area (Å²) in [7, 11) is 3.14. The number of hydrogen-bond acceptors (Lipinski definition) is 5. The summed E-state index contributed by atoms with van der Waals surface area (Å²) < 4.78 is 12.2. The van der Waals surface area contributed by atoms with Gasteiger partial charge in [0.1, 0.15) is 0 Å². The first kappa shape index (κ1) is 21.0. The number of aliphatic imine (C=N–C) groups is 1. The van der Waals surface area contributed by atoms with Crippen molar-refractivity contribution in [2.75, 3.05) is 14.2 Å². The van der Waals surface area contributed by atoms with Crippen molar-refractivity contribution in [3.8, 4) is 11.5 Å². The Morgan fingerprint density at radius 1 is 1.14 bits per heavy atom. The Balaban J connectivity index is 1.90. The van der Waals surface area contributed by atoms with Crippen LogP contribution in [0.1, 0.15) is 18.1 Å². The molecular formula is C20H18Br2N2O3S. The highest BCUT2D eigenvalue weighted by molar-refractivity contribution is 9.13. The molecule has 8 heteroatoms. The third-order valence-electron chi connectivity index (χ3n) is 4.09. The normalized spacial score (nSPS) is 16.5. The molecule has 0 aliphatic carbocycles. The van der Waals surface area contributed by atoms with Gasteiger partial charge in [-0.25, -0.2) is 4.99 Å². The lowest BCUT2D eigenvalue weighted by Gasteiger charge is -2.13. The molecule has 1 N–H and O–H groups in total. The summed E-state index contributed by atoms with van der Waals surface area (Å²) >= 11 is 8.35. The predicted molar refractivity (Wildman–Crippen MR) is 122 cm³/mol. The maximum absolute atomic E-state index is 12.4. The fourth-order valence-corrected chi connectivity index (χ4v) is 4.42. The number of carbonyl (C=O) groups is 1. The molecule has 0 saturated carbocycles. The number of nitrogens with one attached hydrogen (secondary N) is 1. The highest BCUT2D eigenvalue weighted by Gasteiger charge is 2.25. The second kappa shape index (κ2) is 9.15. The van der Waals surface area contributed by atoms with Crippen LogP contribution in [0.15, 0.2) is 49.2 Å². The smallest absolute Gasteiger partial charge is 0.264 e. The summed E-state index contributed by atoms with van der Waals surface area (Å²) in [4.78, 5) is 17.5. The van der Waals surface area contributed by atoms with E-state index >= 15 is 0 Å². The van der Waals surface area contributed by atoms with E-state index in [0.29, 0.717) is 21.6 Å². The number of halogens is 2. The molecular weight excluding hydrogens is 508 g/mol. The Morgan fingerprint density at radius 3 is 2.46 bits per heavy atom. The van der Waals surface area contributed by atoms with Gasteiger partial charge in [-0.3, -0.25) is 4.79 Å². The molecule has 146 valence electrons. The molecule has 1 aliphatic heterocycles. The fraction of sp³-hybridized carbons (Fsp3) is 0.200. The lowest BCUT2D eigenvalue weighted by Crippen LogP contribution is -2.19. The van der Waals surface area contributed by atoms with E-state index in [1.54, 1.807) is 20.3 Å². The Bertz CT molecular complexity index is 972. The number of ether oxygens (including phenoxy) is 2. The van der Waals surface area contributed by atoms with Gasteiger partial charge in [0.25, 0.3) is 5.91 Å². The zero-order valence-corrected chi connectivity index (χ0v) is 19.5. The van der Waals surface area contributed by atoms with E-state index in [9.17, 15) is 4.79 Å². The maximum atomic E-state index is 12.4. The quantitative estimate of drug-likeness (QED) is 0.510. The van der Waals surface area contributed by atoms with E-state index in [2.05, 4.69) is 49.1 Å². The van der Waals surface area contributed by atoms with Crippen LogP contribution in [0, 0.1) is 0 Å². The fourth-order valence-electron chi connectivity index (χ4n) is 2.60. The molecule has 2 aromatic rings. The molecule has 0 atom stereocenters. The van der Waals surface area contributed by atoms with E-state index in [1.807, 2.05) is 30.3 Å². The topological polar surface area (TPSA) is 59.9 Å². The molecule has 28 heavy (non-hydrogen) atoms. The summed E-state index contributed by atoms with van der Waals surface area (Å²) in [5.74, 6) is 0.960. The first-order valence-electron chi connectivity index (χ1n) is 8.45. The highest BCUT2D eigenvalue weighted by Crippen LogP contribution is 2.43. The Morgan fingerprint density at radius 2 is 1.86 bits per heavy atom. The molecule has 3 rings (SSSR count). The molecule has 0 radical (unpaired) electrons. The zero-order chi connectivity index (χ0) is 20.3. The molecule has 1 amide bonds. The van der Waals surface area contributed by atoms with E-state index in [1.165, 1.54) is 17.3 Å². The number of aryl methyl sites for hydroxylation is 1. The van der Waals surface area contributed by atoms with E-state index in [0.717, 1.165) is 26.6 Å². The van der Waals surface area contributed by atoms with Gasteiger partial charge in [-0.05, 0) is 85.4 Å². The van der Waals surface area contributed by atoms with Crippen LogP contribution in [0.3, 0.4) is 0 Å². The van der Waals surface area contributed by atoms with Gasteiger partial charge in [-0.15, -0.1) is 0 Å². The molecule has 0 spiro atoms. The van der Waals surface area contributed by atoms with Crippen LogP contribution in [0.25, 0.3) is 6.08 Å². The number of carbonyl (C=O) groups excluding carboxylic acids is 1. The first-order valence-corrected chi connectivity index (χ1v) is 10.9. The van der Waals surface area contributed by atoms with Crippen LogP contribution in [0.4, 0.5) is 5.69 Å². The second-order valence-corrected chi connectivity index (χ2v) is 8.45. The number of nitrogens with zero attached hydrogens (tertiary/aromatic N) is 1. The highest BCUT2D eigenvalue weighted by atomic mass is 79.9. The van der Waals surface area contributed by atoms with Crippen molar-refractivity contribution < 1.29 is 14.3 Å². The molecule has 0 aromatic heterocycles. The number of thioether (sulfide) groups is 1. The molecule has 1 aliphatic rings. The van der Waals surface area contributed by atoms with Gasteiger partial charge in [0.15, 0.2) is 16.7 Å². The van der Waals surface area contributed by atoms with Crippen LogP contribution in [0.5, 0.6) is 11.5 Å².